The number of likely N-dealkylation sites (N-methyl/N-ethyl adjacent to an activating group) is 1. The van der Waals surface area contributed by atoms with Crippen LogP contribution < -0.4 is 10.1 Å². The van der Waals surface area contributed by atoms with Crippen LogP contribution in [0.3, 0.4) is 0 Å². The van der Waals surface area contributed by atoms with Gasteiger partial charge in [-0.25, -0.2) is 4.98 Å². The summed E-state index contributed by atoms with van der Waals surface area (Å²) in [6.07, 6.45) is 2.60. The minimum atomic E-state index is -0.0118. The van der Waals surface area contributed by atoms with Crippen molar-refractivity contribution >= 4 is 17.2 Å². The zero-order valence-corrected chi connectivity index (χ0v) is 13.5. The highest BCUT2D eigenvalue weighted by molar-refractivity contribution is 7.13. The maximum Gasteiger partial charge on any atom is 0.234 e. The molecule has 2 heterocycles. The molecule has 22 heavy (non-hydrogen) atoms. The van der Waals surface area contributed by atoms with Gasteiger partial charge >= 0.3 is 0 Å². The number of amides is 1. The van der Waals surface area contributed by atoms with E-state index >= 15 is 0 Å². The van der Waals surface area contributed by atoms with Gasteiger partial charge in [0.25, 0.3) is 0 Å². The number of ether oxygens (including phenoxy) is 1. The lowest BCUT2D eigenvalue weighted by Crippen LogP contribution is -2.39. The molecule has 2 aromatic rings. The van der Waals surface area contributed by atoms with E-state index in [-0.39, 0.29) is 12.0 Å². The van der Waals surface area contributed by atoms with Gasteiger partial charge in [0, 0.05) is 18.0 Å². The van der Waals surface area contributed by atoms with E-state index in [0.717, 1.165) is 22.7 Å². The molecular formula is C16H19N3O2S. The molecule has 1 atom stereocenters. The summed E-state index contributed by atoms with van der Waals surface area (Å²) in [7, 11) is 3.75. The summed E-state index contributed by atoms with van der Waals surface area (Å²) in [6.45, 7) is 0.919. The van der Waals surface area contributed by atoms with Gasteiger partial charge in [0.1, 0.15) is 16.9 Å². The molecule has 0 radical (unpaired) electrons. The Hall–Kier alpha value is -1.92. The average molecular weight is 317 g/mol. The molecule has 116 valence electrons. The Labute approximate surface area is 133 Å². The van der Waals surface area contributed by atoms with E-state index in [4.69, 9.17) is 4.74 Å². The monoisotopic (exact) mass is 317 g/mol. The third-order valence-corrected chi connectivity index (χ3v) is 4.28. The lowest BCUT2D eigenvalue weighted by molar-refractivity contribution is -0.122. The third kappa shape index (κ3) is 3.28. The molecule has 1 unspecified atom stereocenters. The number of thiazole rings is 1. The van der Waals surface area contributed by atoms with E-state index in [1.54, 1.807) is 17.5 Å². The van der Waals surface area contributed by atoms with Crippen molar-refractivity contribution < 1.29 is 9.53 Å². The number of rotatable bonds is 5. The number of hydrogen-bond donors (Lipinski definition) is 1. The lowest BCUT2D eigenvalue weighted by Gasteiger charge is -2.14. The molecule has 0 spiro atoms. The summed E-state index contributed by atoms with van der Waals surface area (Å²) >= 11 is 1.60. The normalized spacial score (nSPS) is 16.4. The van der Waals surface area contributed by atoms with Crippen LogP contribution in [0, 0.1) is 0 Å². The number of fused-ring (bicyclic) bond motifs is 1. The molecule has 1 aromatic carbocycles. The van der Waals surface area contributed by atoms with Gasteiger partial charge in [-0.15, -0.1) is 11.3 Å². The van der Waals surface area contributed by atoms with Crippen molar-refractivity contribution in [3.63, 3.8) is 0 Å². The second kappa shape index (κ2) is 6.46. The van der Waals surface area contributed by atoms with Gasteiger partial charge < -0.3 is 15.0 Å². The van der Waals surface area contributed by atoms with Crippen LogP contribution in [-0.4, -0.2) is 49.1 Å². The van der Waals surface area contributed by atoms with Crippen LogP contribution in [0.25, 0.3) is 10.6 Å². The Morgan fingerprint density at radius 2 is 2.36 bits per heavy atom. The van der Waals surface area contributed by atoms with Crippen molar-refractivity contribution in [1.82, 2.24) is 15.2 Å². The number of hydrogen-bond acceptors (Lipinski definition) is 5. The van der Waals surface area contributed by atoms with Crippen molar-refractivity contribution in [2.45, 2.75) is 12.5 Å². The van der Waals surface area contributed by atoms with Crippen molar-refractivity contribution in [2.75, 3.05) is 27.2 Å². The molecule has 0 aliphatic carbocycles. The number of carbonyl (C=O) groups excluding carboxylic acids is 1. The van der Waals surface area contributed by atoms with Gasteiger partial charge in [-0.2, -0.15) is 0 Å². The van der Waals surface area contributed by atoms with Crippen LogP contribution in [0.2, 0.25) is 0 Å². The Balaban J connectivity index is 1.66. The first-order chi connectivity index (χ1) is 10.6. The van der Waals surface area contributed by atoms with E-state index in [2.05, 4.69) is 16.4 Å². The molecule has 1 amide bonds. The van der Waals surface area contributed by atoms with Gasteiger partial charge in [-0.05, 0) is 25.7 Å². The first-order valence-electron chi connectivity index (χ1n) is 7.23. The number of carbonyl (C=O) groups is 1. The zero-order chi connectivity index (χ0) is 15.5. The number of para-hydroxylation sites is 1. The fraction of sp³-hybridized carbons (Fsp3) is 0.375. The quantitative estimate of drug-likeness (QED) is 0.913. The Bertz CT molecular complexity index is 655. The van der Waals surface area contributed by atoms with Gasteiger partial charge in [-0.1, -0.05) is 12.1 Å². The highest BCUT2D eigenvalue weighted by atomic mass is 32.1. The van der Waals surface area contributed by atoms with Crippen LogP contribution >= 0.6 is 11.3 Å². The Morgan fingerprint density at radius 3 is 3.09 bits per heavy atom. The van der Waals surface area contributed by atoms with Crippen LogP contribution in [0.1, 0.15) is 5.56 Å². The smallest absolute Gasteiger partial charge is 0.234 e. The molecule has 0 saturated carbocycles. The number of benzene rings is 1. The molecule has 1 aliphatic rings. The summed E-state index contributed by atoms with van der Waals surface area (Å²) in [5.41, 5.74) is 2.22. The molecule has 1 N–H and O–H groups in total. The summed E-state index contributed by atoms with van der Waals surface area (Å²) in [5.74, 6) is 0.925. The second-order valence-corrected chi connectivity index (χ2v) is 6.51. The molecule has 6 heteroatoms. The van der Waals surface area contributed by atoms with E-state index in [1.807, 2.05) is 36.5 Å². The van der Waals surface area contributed by atoms with Gasteiger partial charge in [0.05, 0.1) is 18.7 Å². The largest absolute Gasteiger partial charge is 0.487 e. The summed E-state index contributed by atoms with van der Waals surface area (Å²) < 4.78 is 6.06. The Morgan fingerprint density at radius 1 is 1.50 bits per heavy atom. The second-order valence-electron chi connectivity index (χ2n) is 5.62. The Kier molecular flexibility index (Phi) is 4.40. The standard InChI is InChI=1S/C16H19N3O2S/c1-19(2)10-14(20)18-9-12-8-11-4-3-5-13(15(11)21-12)16-17-6-7-22-16/h3-7,12H,8-10H2,1-2H3,(H,18,20). The highest BCUT2D eigenvalue weighted by Crippen LogP contribution is 2.39. The van der Waals surface area contributed by atoms with Gasteiger partial charge in [0.2, 0.25) is 5.91 Å². The fourth-order valence-corrected chi connectivity index (χ4v) is 3.21. The lowest BCUT2D eigenvalue weighted by atomic mass is 10.1. The molecular weight excluding hydrogens is 298 g/mol. The van der Waals surface area contributed by atoms with E-state index in [9.17, 15) is 4.79 Å². The zero-order valence-electron chi connectivity index (χ0n) is 12.7. The molecule has 5 nitrogen and oxygen atoms in total. The van der Waals surface area contributed by atoms with Crippen molar-refractivity contribution in [3.8, 4) is 16.3 Å². The number of nitrogens with zero attached hydrogens (tertiary/aromatic N) is 2. The van der Waals surface area contributed by atoms with Crippen molar-refractivity contribution in [1.29, 1.82) is 0 Å². The van der Waals surface area contributed by atoms with Crippen LogP contribution in [0.4, 0.5) is 0 Å². The van der Waals surface area contributed by atoms with E-state index < -0.39 is 0 Å². The maximum absolute atomic E-state index is 11.7. The first kappa shape index (κ1) is 15.0. The maximum atomic E-state index is 11.7. The number of nitrogens with one attached hydrogen (secondary N) is 1. The van der Waals surface area contributed by atoms with Gasteiger partial charge in [0.15, 0.2) is 0 Å². The molecule has 1 aromatic heterocycles. The molecule has 0 saturated heterocycles. The summed E-state index contributed by atoms with van der Waals surface area (Å²) in [5, 5.41) is 5.85. The minimum Gasteiger partial charge on any atom is -0.487 e. The SMILES string of the molecule is CN(C)CC(=O)NCC1Cc2cccc(-c3nccs3)c2O1. The third-order valence-electron chi connectivity index (χ3n) is 3.48. The fourth-order valence-electron chi connectivity index (χ4n) is 2.55. The van der Waals surface area contributed by atoms with E-state index in [0.29, 0.717) is 13.1 Å². The van der Waals surface area contributed by atoms with E-state index in [1.165, 1.54) is 5.56 Å². The van der Waals surface area contributed by atoms with Crippen LogP contribution in [-0.2, 0) is 11.2 Å². The molecule has 1 aliphatic heterocycles. The predicted octanol–water partition coefficient (Wildman–Crippen LogP) is 1.79. The van der Waals surface area contributed by atoms with Crippen molar-refractivity contribution in [2.24, 2.45) is 0 Å². The number of aromatic nitrogens is 1. The molecule has 0 bridgehead atoms. The highest BCUT2D eigenvalue weighted by Gasteiger charge is 2.26. The molecule has 0 fully saturated rings. The topological polar surface area (TPSA) is 54.5 Å². The summed E-state index contributed by atoms with van der Waals surface area (Å²) in [6, 6.07) is 6.14. The van der Waals surface area contributed by atoms with Gasteiger partial charge in [-0.3, -0.25) is 4.79 Å². The average Bonchev–Trinajstić information content (AvgIpc) is 3.13. The van der Waals surface area contributed by atoms with Crippen LogP contribution in [0.15, 0.2) is 29.8 Å². The first-order valence-corrected chi connectivity index (χ1v) is 8.11. The molecule has 3 rings (SSSR count). The van der Waals surface area contributed by atoms with Crippen molar-refractivity contribution in [3.05, 3.63) is 35.3 Å². The minimum absolute atomic E-state index is 0.0118. The summed E-state index contributed by atoms with van der Waals surface area (Å²) in [4.78, 5) is 17.9. The van der Waals surface area contributed by atoms with Crippen LogP contribution in [0.5, 0.6) is 5.75 Å². The predicted molar refractivity (Wildman–Crippen MR) is 87.2 cm³/mol.